The van der Waals surface area contributed by atoms with Crippen molar-refractivity contribution in [1.29, 1.82) is 5.26 Å². The summed E-state index contributed by atoms with van der Waals surface area (Å²) < 4.78 is 0. The standard InChI is InChI=1S/C10H9ClN2O/c1-2-10(14)13-8-4-3-7(6-12)9(11)5-8/h3-5H,2H2,1H3,(H,13,14). The summed E-state index contributed by atoms with van der Waals surface area (Å²) in [6.45, 7) is 1.76. The van der Waals surface area contributed by atoms with Crippen molar-refractivity contribution < 1.29 is 4.79 Å². The Bertz CT molecular complexity index is 396. The molecule has 4 heteroatoms. The third kappa shape index (κ3) is 2.48. The molecule has 1 aromatic carbocycles. The van der Waals surface area contributed by atoms with E-state index < -0.39 is 0 Å². The molecule has 1 rings (SSSR count). The molecule has 0 fully saturated rings. The number of anilines is 1. The van der Waals surface area contributed by atoms with Gasteiger partial charge in [-0.1, -0.05) is 18.5 Å². The lowest BCUT2D eigenvalue weighted by Gasteiger charge is -2.03. The largest absolute Gasteiger partial charge is 0.326 e. The monoisotopic (exact) mass is 208 g/mol. The van der Waals surface area contributed by atoms with Crippen LogP contribution >= 0.6 is 11.6 Å². The Morgan fingerprint density at radius 1 is 1.64 bits per heavy atom. The molecule has 1 aromatic rings. The van der Waals surface area contributed by atoms with Gasteiger partial charge in [-0.3, -0.25) is 4.79 Å². The molecule has 0 bridgehead atoms. The van der Waals surface area contributed by atoms with Gasteiger partial charge in [0.2, 0.25) is 5.91 Å². The van der Waals surface area contributed by atoms with Crippen molar-refractivity contribution >= 4 is 23.2 Å². The van der Waals surface area contributed by atoms with E-state index >= 15 is 0 Å². The predicted molar refractivity (Wildman–Crippen MR) is 55.1 cm³/mol. The van der Waals surface area contributed by atoms with Gasteiger partial charge in [0.05, 0.1) is 10.6 Å². The smallest absolute Gasteiger partial charge is 0.224 e. The molecule has 0 aromatic heterocycles. The maximum atomic E-state index is 11.0. The van der Waals surface area contributed by atoms with Crippen LogP contribution in [0.2, 0.25) is 5.02 Å². The topological polar surface area (TPSA) is 52.9 Å². The zero-order chi connectivity index (χ0) is 10.6. The fourth-order valence-electron chi connectivity index (χ4n) is 0.933. The lowest BCUT2D eigenvalue weighted by Crippen LogP contribution is -2.09. The van der Waals surface area contributed by atoms with Crippen molar-refractivity contribution in [2.24, 2.45) is 0 Å². The van der Waals surface area contributed by atoms with Crippen LogP contribution < -0.4 is 5.32 Å². The van der Waals surface area contributed by atoms with Crippen LogP contribution in [-0.4, -0.2) is 5.91 Å². The normalized spacial score (nSPS) is 9.21. The van der Waals surface area contributed by atoms with Crippen LogP contribution in [0.1, 0.15) is 18.9 Å². The van der Waals surface area contributed by atoms with Crippen LogP contribution in [-0.2, 0) is 4.79 Å². The summed E-state index contributed by atoms with van der Waals surface area (Å²) in [5, 5.41) is 11.6. The van der Waals surface area contributed by atoms with Crippen LogP contribution in [0.4, 0.5) is 5.69 Å². The van der Waals surface area contributed by atoms with E-state index in [4.69, 9.17) is 16.9 Å². The molecule has 0 atom stereocenters. The van der Waals surface area contributed by atoms with Gasteiger partial charge in [0, 0.05) is 12.1 Å². The molecular formula is C10H9ClN2O. The Hall–Kier alpha value is -1.53. The molecule has 0 aliphatic rings. The van der Waals surface area contributed by atoms with Gasteiger partial charge in [0.15, 0.2) is 0 Å². The van der Waals surface area contributed by atoms with Gasteiger partial charge in [0.25, 0.3) is 0 Å². The highest BCUT2D eigenvalue weighted by Crippen LogP contribution is 2.20. The molecule has 0 unspecified atom stereocenters. The van der Waals surface area contributed by atoms with Crippen molar-refractivity contribution in [3.05, 3.63) is 28.8 Å². The molecule has 0 heterocycles. The van der Waals surface area contributed by atoms with Crippen molar-refractivity contribution in [2.75, 3.05) is 5.32 Å². The number of hydrogen-bond acceptors (Lipinski definition) is 2. The van der Waals surface area contributed by atoms with Crippen molar-refractivity contribution in [1.82, 2.24) is 0 Å². The Morgan fingerprint density at radius 2 is 2.36 bits per heavy atom. The van der Waals surface area contributed by atoms with Crippen molar-refractivity contribution in [2.45, 2.75) is 13.3 Å². The zero-order valence-electron chi connectivity index (χ0n) is 7.67. The Morgan fingerprint density at radius 3 is 2.86 bits per heavy atom. The second-order valence-electron chi connectivity index (χ2n) is 2.71. The van der Waals surface area contributed by atoms with Crippen LogP contribution in [0.25, 0.3) is 0 Å². The number of carbonyl (C=O) groups is 1. The summed E-state index contributed by atoms with van der Waals surface area (Å²) in [4.78, 5) is 11.0. The summed E-state index contributed by atoms with van der Waals surface area (Å²) in [5.74, 6) is -0.0780. The first-order valence-corrected chi connectivity index (χ1v) is 4.54. The summed E-state index contributed by atoms with van der Waals surface area (Å²) in [6, 6.07) is 6.74. The highest BCUT2D eigenvalue weighted by Gasteiger charge is 2.02. The zero-order valence-corrected chi connectivity index (χ0v) is 8.43. The molecule has 0 radical (unpaired) electrons. The molecule has 0 spiro atoms. The van der Waals surface area contributed by atoms with Gasteiger partial charge in [0.1, 0.15) is 6.07 Å². The molecule has 0 saturated carbocycles. The number of nitrogens with one attached hydrogen (secondary N) is 1. The fourth-order valence-corrected chi connectivity index (χ4v) is 1.16. The minimum atomic E-state index is -0.0780. The molecule has 0 aliphatic heterocycles. The minimum absolute atomic E-state index is 0.0780. The van der Waals surface area contributed by atoms with Gasteiger partial charge in [-0.25, -0.2) is 0 Å². The average molecular weight is 209 g/mol. The quantitative estimate of drug-likeness (QED) is 0.812. The number of halogens is 1. The number of carbonyl (C=O) groups excluding carboxylic acids is 1. The first-order valence-electron chi connectivity index (χ1n) is 4.17. The summed E-state index contributed by atoms with van der Waals surface area (Å²) in [6.07, 6.45) is 0.414. The van der Waals surface area contributed by atoms with E-state index in [1.807, 2.05) is 6.07 Å². The molecule has 3 nitrogen and oxygen atoms in total. The van der Waals surface area contributed by atoms with E-state index in [1.54, 1.807) is 25.1 Å². The van der Waals surface area contributed by atoms with Gasteiger partial charge in [-0.15, -0.1) is 0 Å². The molecule has 72 valence electrons. The SMILES string of the molecule is CCC(=O)Nc1ccc(C#N)c(Cl)c1. The summed E-state index contributed by atoms with van der Waals surface area (Å²) in [7, 11) is 0. The molecule has 0 saturated heterocycles. The number of benzene rings is 1. The first kappa shape index (κ1) is 10.6. The molecule has 0 aliphatic carbocycles. The predicted octanol–water partition coefficient (Wildman–Crippen LogP) is 2.56. The Kier molecular flexibility index (Phi) is 3.49. The van der Waals surface area contributed by atoms with Gasteiger partial charge in [-0.2, -0.15) is 5.26 Å². The second-order valence-corrected chi connectivity index (χ2v) is 3.12. The minimum Gasteiger partial charge on any atom is -0.326 e. The molecule has 14 heavy (non-hydrogen) atoms. The fraction of sp³-hybridized carbons (Fsp3) is 0.200. The summed E-state index contributed by atoms with van der Waals surface area (Å²) in [5.41, 5.74) is 1.02. The van der Waals surface area contributed by atoms with E-state index in [-0.39, 0.29) is 5.91 Å². The Labute approximate surface area is 87.3 Å². The van der Waals surface area contributed by atoms with Crippen LogP contribution in [0.5, 0.6) is 0 Å². The maximum Gasteiger partial charge on any atom is 0.224 e. The number of hydrogen-bond donors (Lipinski definition) is 1. The average Bonchev–Trinajstić information content (AvgIpc) is 2.18. The van der Waals surface area contributed by atoms with E-state index in [1.165, 1.54) is 0 Å². The lowest BCUT2D eigenvalue weighted by molar-refractivity contribution is -0.115. The van der Waals surface area contributed by atoms with E-state index in [9.17, 15) is 4.79 Å². The van der Waals surface area contributed by atoms with E-state index in [0.717, 1.165) is 0 Å². The van der Waals surface area contributed by atoms with Gasteiger partial charge < -0.3 is 5.32 Å². The first-order chi connectivity index (χ1) is 6.67. The molecule has 1 amide bonds. The second kappa shape index (κ2) is 4.64. The van der Waals surface area contributed by atoms with Gasteiger partial charge >= 0.3 is 0 Å². The molecular weight excluding hydrogens is 200 g/mol. The number of rotatable bonds is 2. The number of nitriles is 1. The van der Waals surface area contributed by atoms with Gasteiger partial charge in [-0.05, 0) is 18.2 Å². The van der Waals surface area contributed by atoms with Crippen LogP contribution in [0.15, 0.2) is 18.2 Å². The third-order valence-electron chi connectivity index (χ3n) is 1.69. The number of nitrogens with zero attached hydrogens (tertiary/aromatic N) is 1. The summed E-state index contributed by atoms with van der Waals surface area (Å²) >= 11 is 5.78. The van der Waals surface area contributed by atoms with Crippen molar-refractivity contribution in [3.8, 4) is 6.07 Å². The van der Waals surface area contributed by atoms with Crippen molar-refractivity contribution in [3.63, 3.8) is 0 Å². The molecule has 1 N–H and O–H groups in total. The Balaban J connectivity index is 2.88. The lowest BCUT2D eigenvalue weighted by atomic mass is 10.2. The van der Waals surface area contributed by atoms with E-state index in [0.29, 0.717) is 22.7 Å². The highest BCUT2D eigenvalue weighted by atomic mass is 35.5. The maximum absolute atomic E-state index is 11.0. The van der Waals surface area contributed by atoms with Crippen LogP contribution in [0.3, 0.4) is 0 Å². The van der Waals surface area contributed by atoms with Crippen LogP contribution in [0, 0.1) is 11.3 Å². The number of amides is 1. The van der Waals surface area contributed by atoms with E-state index in [2.05, 4.69) is 5.32 Å². The highest BCUT2D eigenvalue weighted by molar-refractivity contribution is 6.32. The third-order valence-corrected chi connectivity index (χ3v) is 2.01.